The van der Waals surface area contributed by atoms with Gasteiger partial charge in [-0.05, 0) is 55.0 Å². The van der Waals surface area contributed by atoms with Crippen LogP contribution in [0.3, 0.4) is 0 Å². The third-order valence-electron chi connectivity index (χ3n) is 4.34. The highest BCUT2D eigenvalue weighted by molar-refractivity contribution is 7.80. The highest BCUT2D eigenvalue weighted by atomic mass is 35.5. The molecular weight excluding hydrogens is 444 g/mol. The molecule has 0 radical (unpaired) electrons. The summed E-state index contributed by atoms with van der Waals surface area (Å²) in [5.74, 6) is -1.79. The van der Waals surface area contributed by atoms with Gasteiger partial charge in [-0.3, -0.25) is 19.8 Å². The Kier molecular flexibility index (Phi) is 6.57. The molecule has 0 unspecified atom stereocenters. The molecule has 1 fully saturated rings. The molecular formula is C21H17ClN2O6S. The summed E-state index contributed by atoms with van der Waals surface area (Å²) in [6.07, 6.45) is 1.31. The number of ether oxygens (including phenoxy) is 2. The van der Waals surface area contributed by atoms with Gasteiger partial charge in [0.2, 0.25) is 0 Å². The number of benzene rings is 2. The summed E-state index contributed by atoms with van der Waals surface area (Å²) in [6.45, 7) is 2.21. The quantitative estimate of drug-likeness (QED) is 0.387. The lowest BCUT2D eigenvalue weighted by Gasteiger charge is -2.29. The molecule has 1 aliphatic rings. The minimum Gasteiger partial charge on any atom is -0.493 e. The van der Waals surface area contributed by atoms with Crippen LogP contribution in [0.5, 0.6) is 11.5 Å². The fraction of sp³-hybridized carbons (Fsp3) is 0.143. The number of carboxylic acid groups (broad SMARTS) is 1. The van der Waals surface area contributed by atoms with Crippen molar-refractivity contribution in [1.29, 1.82) is 0 Å². The van der Waals surface area contributed by atoms with Gasteiger partial charge in [-0.1, -0.05) is 17.7 Å². The van der Waals surface area contributed by atoms with E-state index in [0.717, 1.165) is 4.90 Å². The van der Waals surface area contributed by atoms with Gasteiger partial charge in [-0.2, -0.15) is 0 Å². The zero-order chi connectivity index (χ0) is 22.7. The van der Waals surface area contributed by atoms with E-state index < -0.39 is 17.8 Å². The van der Waals surface area contributed by atoms with E-state index in [1.54, 1.807) is 6.07 Å². The molecule has 0 bridgehead atoms. The Labute approximate surface area is 188 Å². The molecule has 0 saturated carbocycles. The van der Waals surface area contributed by atoms with Crippen molar-refractivity contribution in [2.45, 2.75) is 6.92 Å². The van der Waals surface area contributed by atoms with Gasteiger partial charge in [0.15, 0.2) is 16.6 Å². The number of rotatable bonds is 6. The van der Waals surface area contributed by atoms with Crippen molar-refractivity contribution in [2.75, 3.05) is 18.6 Å². The van der Waals surface area contributed by atoms with Crippen molar-refractivity contribution >= 4 is 58.5 Å². The van der Waals surface area contributed by atoms with Crippen LogP contribution in [0.4, 0.5) is 5.69 Å². The van der Waals surface area contributed by atoms with E-state index in [0.29, 0.717) is 23.7 Å². The van der Waals surface area contributed by atoms with E-state index in [4.69, 9.17) is 33.3 Å². The SMILES string of the molecule is CCOc1cc(Cl)c(C=C2C(=O)NC(=S)N(c3cccc(C(=O)O)c3)C2=O)cc1OC. The number of nitrogens with zero attached hydrogens (tertiary/aromatic N) is 1. The number of nitrogens with one attached hydrogen (secondary N) is 1. The molecule has 2 aromatic carbocycles. The summed E-state index contributed by atoms with van der Waals surface area (Å²) in [6, 6.07) is 8.73. The number of anilines is 1. The average Bonchev–Trinajstić information content (AvgIpc) is 2.72. The average molecular weight is 461 g/mol. The summed E-state index contributed by atoms with van der Waals surface area (Å²) in [5.41, 5.74) is 0.293. The first kappa shape index (κ1) is 22.3. The molecule has 3 rings (SSSR count). The molecule has 1 saturated heterocycles. The number of halogens is 1. The van der Waals surface area contributed by atoms with E-state index in [-0.39, 0.29) is 27.0 Å². The Bertz CT molecular complexity index is 1130. The third kappa shape index (κ3) is 4.52. The molecule has 160 valence electrons. The van der Waals surface area contributed by atoms with Gasteiger partial charge in [0.1, 0.15) is 5.57 Å². The van der Waals surface area contributed by atoms with E-state index in [9.17, 15) is 19.5 Å². The molecule has 31 heavy (non-hydrogen) atoms. The molecule has 8 nitrogen and oxygen atoms in total. The first-order valence-corrected chi connectivity index (χ1v) is 9.80. The fourth-order valence-electron chi connectivity index (χ4n) is 2.91. The van der Waals surface area contributed by atoms with Gasteiger partial charge >= 0.3 is 5.97 Å². The summed E-state index contributed by atoms with van der Waals surface area (Å²) in [4.78, 5) is 38.0. The van der Waals surface area contributed by atoms with Crippen LogP contribution in [-0.4, -0.2) is 41.7 Å². The summed E-state index contributed by atoms with van der Waals surface area (Å²) in [7, 11) is 1.46. The molecule has 10 heteroatoms. The van der Waals surface area contributed by atoms with Gasteiger partial charge < -0.3 is 14.6 Å². The van der Waals surface area contributed by atoms with Crippen LogP contribution in [-0.2, 0) is 9.59 Å². The summed E-state index contributed by atoms with van der Waals surface area (Å²) >= 11 is 11.5. The number of thiocarbonyl (C=S) groups is 1. The topological polar surface area (TPSA) is 105 Å². The standard InChI is InChI=1S/C21H17ClN2O6S/c1-3-30-17-10-15(22)12(9-16(17)29-2)8-14-18(25)23-21(31)24(19(14)26)13-6-4-5-11(7-13)20(27)28/h4-10H,3H2,1-2H3,(H,27,28)(H,23,25,31). The number of hydrogen-bond donors (Lipinski definition) is 2. The normalized spacial score (nSPS) is 15.1. The number of hydrogen-bond acceptors (Lipinski definition) is 6. The molecule has 2 N–H and O–H groups in total. The van der Waals surface area contributed by atoms with Gasteiger partial charge in [-0.15, -0.1) is 0 Å². The monoisotopic (exact) mass is 460 g/mol. The minimum atomic E-state index is -1.16. The molecule has 1 aliphatic heterocycles. The van der Waals surface area contributed by atoms with Crippen LogP contribution in [0.1, 0.15) is 22.8 Å². The van der Waals surface area contributed by atoms with Crippen molar-refractivity contribution in [2.24, 2.45) is 0 Å². The van der Waals surface area contributed by atoms with Crippen LogP contribution in [0.2, 0.25) is 5.02 Å². The van der Waals surface area contributed by atoms with Gasteiger partial charge in [0.05, 0.1) is 30.0 Å². The van der Waals surface area contributed by atoms with Crippen molar-refractivity contribution < 1.29 is 29.0 Å². The number of amides is 2. The zero-order valence-corrected chi connectivity index (χ0v) is 18.0. The Morgan fingerprint density at radius 2 is 2.00 bits per heavy atom. The summed E-state index contributed by atoms with van der Waals surface area (Å²) < 4.78 is 10.8. The molecule has 0 aromatic heterocycles. The van der Waals surface area contributed by atoms with Gasteiger partial charge in [0.25, 0.3) is 11.8 Å². The van der Waals surface area contributed by atoms with Crippen LogP contribution >= 0.6 is 23.8 Å². The fourth-order valence-corrected chi connectivity index (χ4v) is 3.40. The molecule has 2 aromatic rings. The lowest BCUT2D eigenvalue weighted by atomic mass is 10.1. The lowest BCUT2D eigenvalue weighted by Crippen LogP contribution is -2.54. The van der Waals surface area contributed by atoms with Crippen molar-refractivity contribution in [3.63, 3.8) is 0 Å². The van der Waals surface area contributed by atoms with Gasteiger partial charge in [0, 0.05) is 6.07 Å². The van der Waals surface area contributed by atoms with Crippen LogP contribution < -0.4 is 19.7 Å². The van der Waals surface area contributed by atoms with Gasteiger partial charge in [-0.25, -0.2) is 4.79 Å². The van der Waals surface area contributed by atoms with E-state index in [1.807, 2.05) is 6.92 Å². The molecule has 1 heterocycles. The minimum absolute atomic E-state index is 0.0326. The predicted molar refractivity (Wildman–Crippen MR) is 119 cm³/mol. The van der Waals surface area contributed by atoms with E-state index in [2.05, 4.69) is 5.32 Å². The number of methoxy groups -OCH3 is 1. The molecule has 2 amide bonds. The largest absolute Gasteiger partial charge is 0.493 e. The van der Waals surface area contributed by atoms with Crippen molar-refractivity contribution in [1.82, 2.24) is 5.32 Å². The summed E-state index contributed by atoms with van der Waals surface area (Å²) in [5, 5.41) is 11.7. The maximum absolute atomic E-state index is 13.1. The highest BCUT2D eigenvalue weighted by Gasteiger charge is 2.35. The highest BCUT2D eigenvalue weighted by Crippen LogP contribution is 2.35. The smallest absolute Gasteiger partial charge is 0.335 e. The zero-order valence-electron chi connectivity index (χ0n) is 16.5. The third-order valence-corrected chi connectivity index (χ3v) is 4.95. The molecule has 0 spiro atoms. The Morgan fingerprint density at radius 1 is 1.26 bits per heavy atom. The van der Waals surface area contributed by atoms with E-state index >= 15 is 0 Å². The number of carboxylic acids is 1. The molecule has 0 aliphatic carbocycles. The van der Waals surface area contributed by atoms with Crippen molar-refractivity contribution in [3.05, 3.63) is 58.1 Å². The second-order valence-electron chi connectivity index (χ2n) is 6.27. The predicted octanol–water partition coefficient (Wildman–Crippen LogP) is 3.28. The Balaban J connectivity index is 2.05. The second-order valence-corrected chi connectivity index (χ2v) is 7.06. The van der Waals surface area contributed by atoms with Crippen LogP contribution in [0.15, 0.2) is 42.0 Å². The second kappa shape index (κ2) is 9.15. The van der Waals surface area contributed by atoms with Crippen LogP contribution in [0.25, 0.3) is 6.08 Å². The van der Waals surface area contributed by atoms with Crippen molar-refractivity contribution in [3.8, 4) is 11.5 Å². The number of carbonyl (C=O) groups is 3. The number of carbonyl (C=O) groups excluding carboxylic acids is 2. The van der Waals surface area contributed by atoms with E-state index in [1.165, 1.54) is 43.5 Å². The lowest BCUT2D eigenvalue weighted by molar-refractivity contribution is -0.122. The maximum Gasteiger partial charge on any atom is 0.335 e. The first-order valence-electron chi connectivity index (χ1n) is 9.02. The van der Waals surface area contributed by atoms with Crippen LogP contribution in [0, 0.1) is 0 Å². The first-order chi connectivity index (χ1) is 14.8. The maximum atomic E-state index is 13.1. The number of aromatic carboxylic acids is 1. The Hall–Kier alpha value is -3.43. The Morgan fingerprint density at radius 3 is 2.65 bits per heavy atom. The molecule has 0 atom stereocenters.